The molecule has 4 aromatic rings. The topological polar surface area (TPSA) is 86.6 Å². The summed E-state index contributed by atoms with van der Waals surface area (Å²) >= 11 is 0. The molecule has 7 rings (SSSR count). The Balaban J connectivity index is 0.000000310. The van der Waals surface area contributed by atoms with Gasteiger partial charge in [-0.2, -0.15) is 9.97 Å². The Morgan fingerprint density at radius 3 is 2.74 bits per heavy atom. The zero-order chi connectivity index (χ0) is 30.2. The first-order valence-electron chi connectivity index (χ1n) is 14.8. The molecule has 0 spiro atoms. The lowest BCUT2D eigenvalue weighted by molar-refractivity contribution is 0.177. The van der Waals surface area contributed by atoms with Gasteiger partial charge in [-0.1, -0.05) is 30.2 Å². The van der Waals surface area contributed by atoms with Gasteiger partial charge in [-0.3, -0.25) is 9.88 Å². The van der Waals surface area contributed by atoms with E-state index in [9.17, 15) is 9.50 Å². The third kappa shape index (κ3) is 5.37. The minimum Gasteiger partial charge on any atom is -0.467 e. The van der Waals surface area contributed by atoms with Gasteiger partial charge >= 0.3 is 6.01 Å². The van der Waals surface area contributed by atoms with Crippen LogP contribution in [0, 0.1) is 24.0 Å². The number of aliphatic hydroxyl groups is 1. The average Bonchev–Trinajstić information content (AvgIpc) is 3.73. The molecule has 2 aromatic heterocycles. The number of hydrogen-bond donors (Lipinski definition) is 2. The van der Waals surface area contributed by atoms with Crippen molar-refractivity contribution in [2.75, 3.05) is 38.7 Å². The van der Waals surface area contributed by atoms with Gasteiger partial charge in [0, 0.05) is 48.9 Å². The van der Waals surface area contributed by atoms with Gasteiger partial charge in [-0.15, -0.1) is 6.42 Å². The van der Waals surface area contributed by atoms with Crippen molar-refractivity contribution in [3.8, 4) is 29.6 Å². The number of anilines is 1. The summed E-state index contributed by atoms with van der Waals surface area (Å²) < 4.78 is 35.8. The van der Waals surface area contributed by atoms with Crippen molar-refractivity contribution in [3.05, 3.63) is 53.7 Å². The number of aliphatic hydroxyl groups excluding tert-OH is 1. The number of hydrogen-bond acceptors (Lipinski definition) is 8. The Morgan fingerprint density at radius 2 is 2.02 bits per heavy atom. The molecule has 43 heavy (non-hydrogen) atoms. The van der Waals surface area contributed by atoms with Gasteiger partial charge in [-0.05, 0) is 57.1 Å². The van der Waals surface area contributed by atoms with E-state index < -0.39 is 11.6 Å². The molecule has 3 aliphatic heterocycles. The molecule has 0 saturated carbocycles. The molecule has 3 aliphatic rings. The maximum atomic E-state index is 16.0. The molecule has 10 heteroatoms. The van der Waals surface area contributed by atoms with Crippen LogP contribution in [0.1, 0.15) is 38.2 Å². The standard InChI is InChI=1S/C26H23F2N5O.C7H13NO/c1-5-16-19(27)10-9-15-7-6-8-17(21(15)16)23-22(28)24-18(13-30-23)25(32-26(31-24)34-4)33(3)20-11-12-29-14(20)2;9-7-4-6-2-1-3-8(6)5-7/h1,6-10,13-14,20,29H,11-12H2,2-4H3;6-7,9H,1-5H2. The SMILES string of the molecule is C#Cc1c(F)ccc2cccc(-c3ncc4c(N(C)C5CCNC5C)nc(OC)nc4c3F)c12.OC1CC2CCCN2C1. The van der Waals surface area contributed by atoms with Crippen LogP contribution < -0.4 is 15.0 Å². The third-order valence-corrected chi connectivity index (χ3v) is 9.02. The van der Waals surface area contributed by atoms with E-state index in [2.05, 4.69) is 38.0 Å². The number of ether oxygens (including phenoxy) is 1. The van der Waals surface area contributed by atoms with Crippen LogP contribution in [-0.4, -0.2) is 83.0 Å². The molecule has 0 bridgehead atoms. The van der Waals surface area contributed by atoms with Crippen LogP contribution in [-0.2, 0) is 0 Å². The number of likely N-dealkylation sites (N-methyl/N-ethyl adjacent to an activating group) is 1. The second kappa shape index (κ2) is 12.0. The fourth-order valence-electron chi connectivity index (χ4n) is 6.85. The number of methoxy groups -OCH3 is 1. The number of fused-ring (bicyclic) bond motifs is 3. The fourth-order valence-corrected chi connectivity index (χ4v) is 6.85. The summed E-state index contributed by atoms with van der Waals surface area (Å²) in [7, 11) is 3.37. The summed E-state index contributed by atoms with van der Waals surface area (Å²) in [6.45, 7) is 5.16. The van der Waals surface area contributed by atoms with Gasteiger partial charge in [-0.25, -0.2) is 8.78 Å². The van der Waals surface area contributed by atoms with E-state index in [0.29, 0.717) is 27.5 Å². The van der Waals surface area contributed by atoms with E-state index in [-0.39, 0.29) is 41.0 Å². The number of halogens is 2. The molecule has 224 valence electrons. The lowest BCUT2D eigenvalue weighted by Crippen LogP contribution is -2.40. The molecule has 5 heterocycles. The molecule has 4 atom stereocenters. The molecule has 4 unspecified atom stereocenters. The van der Waals surface area contributed by atoms with E-state index in [1.165, 1.54) is 32.6 Å². The van der Waals surface area contributed by atoms with Crippen LogP contribution in [0.4, 0.5) is 14.6 Å². The highest BCUT2D eigenvalue weighted by Crippen LogP contribution is 2.37. The molecule has 0 radical (unpaired) electrons. The Morgan fingerprint density at radius 1 is 1.19 bits per heavy atom. The number of nitrogens with one attached hydrogen (secondary N) is 1. The van der Waals surface area contributed by atoms with E-state index >= 15 is 4.39 Å². The van der Waals surface area contributed by atoms with Gasteiger partial charge < -0.3 is 20.1 Å². The van der Waals surface area contributed by atoms with Crippen LogP contribution in [0.3, 0.4) is 0 Å². The van der Waals surface area contributed by atoms with Crippen molar-refractivity contribution in [2.24, 2.45) is 0 Å². The minimum absolute atomic E-state index is 0.0182. The summed E-state index contributed by atoms with van der Waals surface area (Å²) in [5.74, 6) is 1.74. The maximum Gasteiger partial charge on any atom is 0.318 e. The minimum atomic E-state index is -0.648. The lowest BCUT2D eigenvalue weighted by Gasteiger charge is -2.29. The molecule has 3 fully saturated rings. The zero-order valence-electron chi connectivity index (χ0n) is 24.6. The Hall–Kier alpha value is -3.91. The first-order chi connectivity index (χ1) is 20.8. The summed E-state index contributed by atoms with van der Waals surface area (Å²) in [6, 6.07) is 9.36. The van der Waals surface area contributed by atoms with Crippen molar-refractivity contribution >= 4 is 27.5 Å². The molecule has 8 nitrogen and oxygen atoms in total. The summed E-state index contributed by atoms with van der Waals surface area (Å²) in [5, 5.41) is 14.2. The lowest BCUT2D eigenvalue weighted by atomic mass is 9.96. The largest absolute Gasteiger partial charge is 0.467 e. The number of terminal acetylenes is 1. The fraction of sp³-hybridized carbons (Fsp3) is 0.424. The van der Waals surface area contributed by atoms with Crippen LogP contribution in [0.25, 0.3) is 32.9 Å². The Labute approximate surface area is 250 Å². The highest BCUT2D eigenvalue weighted by Gasteiger charge is 2.34. The van der Waals surface area contributed by atoms with E-state index in [1.807, 2.05) is 11.9 Å². The number of benzene rings is 2. The van der Waals surface area contributed by atoms with Gasteiger partial charge in [0.05, 0.1) is 24.2 Å². The van der Waals surface area contributed by atoms with Crippen molar-refractivity contribution in [3.63, 3.8) is 0 Å². The van der Waals surface area contributed by atoms with E-state index in [0.717, 1.165) is 32.0 Å². The van der Waals surface area contributed by atoms with Crippen LogP contribution in [0.2, 0.25) is 0 Å². The zero-order valence-corrected chi connectivity index (χ0v) is 24.6. The van der Waals surface area contributed by atoms with Crippen LogP contribution >= 0.6 is 0 Å². The molecule has 0 amide bonds. The monoisotopic (exact) mass is 586 g/mol. The maximum absolute atomic E-state index is 16.0. The second-order valence-electron chi connectivity index (χ2n) is 11.6. The quantitative estimate of drug-likeness (QED) is 0.338. The van der Waals surface area contributed by atoms with Crippen LogP contribution in [0.15, 0.2) is 36.5 Å². The van der Waals surface area contributed by atoms with Crippen molar-refractivity contribution in [2.45, 2.75) is 56.8 Å². The van der Waals surface area contributed by atoms with Crippen molar-refractivity contribution in [1.29, 1.82) is 0 Å². The summed E-state index contributed by atoms with van der Waals surface area (Å²) in [4.78, 5) is 17.7. The number of pyridine rings is 1. The highest BCUT2D eigenvalue weighted by atomic mass is 19.1. The number of aromatic nitrogens is 3. The predicted octanol–water partition coefficient (Wildman–Crippen LogP) is 4.52. The molecule has 2 N–H and O–H groups in total. The van der Waals surface area contributed by atoms with Crippen molar-refractivity contribution < 1.29 is 18.6 Å². The van der Waals surface area contributed by atoms with Crippen LogP contribution in [0.5, 0.6) is 6.01 Å². The number of rotatable bonds is 4. The molecule has 3 saturated heterocycles. The smallest absolute Gasteiger partial charge is 0.318 e. The highest BCUT2D eigenvalue weighted by molar-refractivity contribution is 6.02. The first-order valence-corrected chi connectivity index (χ1v) is 14.8. The van der Waals surface area contributed by atoms with Gasteiger partial charge in [0.1, 0.15) is 22.8 Å². The molecule has 2 aromatic carbocycles. The van der Waals surface area contributed by atoms with Crippen molar-refractivity contribution in [1.82, 2.24) is 25.2 Å². The third-order valence-electron chi connectivity index (χ3n) is 9.02. The molecule has 0 aliphatic carbocycles. The van der Waals surface area contributed by atoms with E-state index in [4.69, 9.17) is 11.2 Å². The number of nitrogens with zero attached hydrogens (tertiary/aromatic N) is 5. The van der Waals surface area contributed by atoms with E-state index in [1.54, 1.807) is 30.5 Å². The van der Waals surface area contributed by atoms with Gasteiger partial charge in [0.15, 0.2) is 5.82 Å². The first kappa shape index (κ1) is 29.2. The normalized spacial score (nSPS) is 23.2. The van der Waals surface area contributed by atoms with Gasteiger partial charge in [0.2, 0.25) is 0 Å². The predicted molar refractivity (Wildman–Crippen MR) is 164 cm³/mol. The summed E-state index contributed by atoms with van der Waals surface area (Å²) in [5.41, 5.74) is 0.571. The van der Waals surface area contributed by atoms with Gasteiger partial charge in [0.25, 0.3) is 0 Å². The Bertz CT molecular complexity index is 1700. The summed E-state index contributed by atoms with van der Waals surface area (Å²) in [6.07, 6.45) is 11.8. The second-order valence-corrected chi connectivity index (χ2v) is 11.6. The average molecular weight is 587 g/mol. The molecular formula is C33H36F2N6O2. The Kier molecular flexibility index (Phi) is 8.14. The molecular weight excluding hydrogens is 550 g/mol.